The predicted octanol–water partition coefficient (Wildman–Crippen LogP) is 7.11. The van der Waals surface area contributed by atoms with Crippen molar-refractivity contribution in [3.05, 3.63) is 81.8 Å². The van der Waals surface area contributed by atoms with Gasteiger partial charge in [-0.15, -0.1) is 0 Å². The van der Waals surface area contributed by atoms with E-state index in [1.807, 2.05) is 51.1 Å². The molecule has 2 aromatic heterocycles. The van der Waals surface area contributed by atoms with Crippen LogP contribution in [0.15, 0.2) is 53.3 Å². The van der Waals surface area contributed by atoms with Crippen LogP contribution in [0, 0.1) is 24.6 Å². The highest BCUT2D eigenvalue weighted by molar-refractivity contribution is 5.99. The first-order valence-electron chi connectivity index (χ1n) is 18.9. The molecule has 2 saturated carbocycles. The van der Waals surface area contributed by atoms with Gasteiger partial charge in [0.15, 0.2) is 5.82 Å². The van der Waals surface area contributed by atoms with Crippen molar-refractivity contribution < 1.29 is 23.5 Å². The first kappa shape index (κ1) is 36.9. The van der Waals surface area contributed by atoms with Gasteiger partial charge >= 0.3 is 11.8 Å². The molecule has 1 unspecified atom stereocenters. The van der Waals surface area contributed by atoms with Crippen molar-refractivity contribution in [1.29, 1.82) is 0 Å². The number of H-pyrrole nitrogens is 3. The summed E-state index contributed by atoms with van der Waals surface area (Å²) in [6, 6.07) is 13.7. The Balaban J connectivity index is 1.05. The number of nitrogens with zero attached hydrogens (tertiary/aromatic N) is 1. The fourth-order valence-corrected chi connectivity index (χ4v) is 7.47. The number of halogens is 1. The van der Waals surface area contributed by atoms with E-state index >= 15 is 4.39 Å². The summed E-state index contributed by atoms with van der Waals surface area (Å²) in [5, 5.41) is 8.78. The Morgan fingerprint density at radius 3 is 2.33 bits per heavy atom. The Hall–Kier alpha value is -5.46. The van der Waals surface area contributed by atoms with E-state index in [0.29, 0.717) is 58.6 Å². The van der Waals surface area contributed by atoms with Crippen LogP contribution in [-0.2, 0) is 20.7 Å². The number of aromatic amines is 3. The maximum Gasteiger partial charge on any atom is 0.407 e. The summed E-state index contributed by atoms with van der Waals surface area (Å²) in [4.78, 5) is 64.8. The quantitative estimate of drug-likeness (QED) is 0.0891. The largest absolute Gasteiger partial charge is 0.444 e. The molecule has 0 saturated heterocycles. The molecule has 13 heteroatoms. The molecular formula is C41H48FN7O5. The highest BCUT2D eigenvalue weighted by Crippen LogP contribution is 2.37. The molecular weight excluding hydrogens is 689 g/mol. The van der Waals surface area contributed by atoms with E-state index in [1.165, 1.54) is 0 Å². The number of aromatic nitrogens is 4. The van der Waals surface area contributed by atoms with E-state index in [1.54, 1.807) is 25.1 Å². The van der Waals surface area contributed by atoms with Gasteiger partial charge in [-0.2, -0.15) is 0 Å². The number of rotatable bonds is 10. The molecule has 2 aliphatic rings. The third-order valence-electron chi connectivity index (χ3n) is 10.7. The number of fused-ring (bicyclic) bond motifs is 2. The lowest BCUT2D eigenvalue weighted by atomic mass is 9.81. The minimum absolute atomic E-state index is 0.198. The average molecular weight is 738 g/mol. The number of hydrogen-bond acceptors (Lipinski definition) is 6. The molecule has 54 heavy (non-hydrogen) atoms. The number of hydrogen-bond donors (Lipinski definition) is 6. The van der Waals surface area contributed by atoms with Crippen molar-refractivity contribution in [2.45, 2.75) is 96.6 Å². The second-order valence-electron chi connectivity index (χ2n) is 15.9. The van der Waals surface area contributed by atoms with Crippen LogP contribution in [0.3, 0.4) is 0 Å². The lowest BCUT2D eigenvalue weighted by Gasteiger charge is -2.29. The first-order chi connectivity index (χ1) is 25.8. The lowest BCUT2D eigenvalue weighted by molar-refractivity contribution is -0.130. The highest BCUT2D eigenvalue weighted by Gasteiger charge is 2.31. The van der Waals surface area contributed by atoms with Gasteiger partial charge in [-0.05, 0) is 119 Å². The van der Waals surface area contributed by atoms with Crippen LogP contribution in [0.25, 0.3) is 33.2 Å². The summed E-state index contributed by atoms with van der Waals surface area (Å²) in [6.45, 7) is 7.69. The van der Waals surface area contributed by atoms with Gasteiger partial charge < -0.3 is 35.6 Å². The van der Waals surface area contributed by atoms with Crippen molar-refractivity contribution in [3.63, 3.8) is 0 Å². The SMILES string of the molecule is Cc1c(-c2ccc(CC(NC(=O)C3CCC(CNC(=O)OC(C)(C)C)CC3)C(=O)Nc3ccc4[nH]c(=O)[nH]c4c3)cc2)cc2[nH]c(C3CCC3)nc2c1F. The van der Waals surface area contributed by atoms with E-state index in [9.17, 15) is 19.2 Å². The standard InChI is InChI=1S/C41H48FN7O5/c1-22-29(20-32-35(34(22)42)49-36(45-32)26-6-5-7-26)25-12-8-23(9-13-25)18-33(38(51)44-28-16-17-30-31(19-28)48-39(52)47-30)46-37(50)27-14-10-24(11-15-27)21-43-40(53)54-41(2,3)4/h8-9,12-13,16-17,19-20,24,26-27,33H,5-7,10-11,14-15,18,21H2,1-4H3,(H,43,53)(H,44,51)(H,45,49)(H,46,50)(H2,47,48,52). The van der Waals surface area contributed by atoms with E-state index in [-0.39, 0.29) is 35.7 Å². The summed E-state index contributed by atoms with van der Waals surface area (Å²) in [7, 11) is 0. The summed E-state index contributed by atoms with van der Waals surface area (Å²) in [5.74, 6) is 0.225. The number of anilines is 1. The van der Waals surface area contributed by atoms with Crippen molar-refractivity contribution in [2.24, 2.45) is 11.8 Å². The van der Waals surface area contributed by atoms with Gasteiger partial charge in [-0.25, -0.2) is 19.0 Å². The number of ether oxygens (including phenoxy) is 1. The van der Waals surface area contributed by atoms with Gasteiger partial charge in [0.1, 0.15) is 23.0 Å². The van der Waals surface area contributed by atoms with Crippen molar-refractivity contribution in [2.75, 3.05) is 11.9 Å². The topological polar surface area (TPSA) is 174 Å². The van der Waals surface area contributed by atoms with Crippen molar-refractivity contribution in [3.8, 4) is 11.1 Å². The number of nitrogens with one attached hydrogen (secondary N) is 6. The Labute approximate surface area is 312 Å². The number of amides is 3. The molecule has 7 rings (SSSR count). The molecule has 2 fully saturated rings. The molecule has 6 N–H and O–H groups in total. The Bertz CT molecular complexity index is 2240. The lowest BCUT2D eigenvalue weighted by Crippen LogP contribution is -2.48. The van der Waals surface area contributed by atoms with Gasteiger partial charge in [0.25, 0.3) is 0 Å². The second-order valence-corrected chi connectivity index (χ2v) is 15.9. The van der Waals surface area contributed by atoms with Crippen molar-refractivity contribution >= 4 is 45.7 Å². The number of alkyl carbamates (subject to hydrolysis) is 1. The van der Waals surface area contributed by atoms with Gasteiger partial charge in [0, 0.05) is 30.5 Å². The zero-order valence-electron chi connectivity index (χ0n) is 31.2. The Morgan fingerprint density at radius 2 is 1.65 bits per heavy atom. The van der Waals surface area contributed by atoms with E-state index in [2.05, 4.69) is 35.9 Å². The van der Waals surface area contributed by atoms with Crippen molar-refractivity contribution in [1.82, 2.24) is 30.6 Å². The monoisotopic (exact) mass is 737 g/mol. The van der Waals surface area contributed by atoms with Crippen LogP contribution in [0.4, 0.5) is 14.9 Å². The maximum atomic E-state index is 15.6. The number of benzene rings is 3. The zero-order chi connectivity index (χ0) is 38.1. The molecule has 0 aliphatic heterocycles. The smallest absolute Gasteiger partial charge is 0.407 e. The third-order valence-corrected chi connectivity index (χ3v) is 10.7. The molecule has 0 radical (unpaired) electrons. The summed E-state index contributed by atoms with van der Waals surface area (Å²) in [5.41, 5.74) is 4.66. The second kappa shape index (κ2) is 15.1. The zero-order valence-corrected chi connectivity index (χ0v) is 31.2. The predicted molar refractivity (Wildman–Crippen MR) is 206 cm³/mol. The minimum Gasteiger partial charge on any atom is -0.444 e. The van der Waals surface area contributed by atoms with Gasteiger partial charge in [0.2, 0.25) is 11.8 Å². The van der Waals surface area contributed by atoms with Crippen LogP contribution in [0.1, 0.15) is 88.6 Å². The van der Waals surface area contributed by atoms with Crippen LogP contribution in [-0.4, -0.2) is 56.0 Å². The first-order valence-corrected chi connectivity index (χ1v) is 18.9. The average Bonchev–Trinajstić information content (AvgIpc) is 3.69. The molecule has 3 amide bonds. The molecule has 2 heterocycles. The fraction of sp³-hybridized carbons (Fsp3) is 0.439. The molecule has 284 valence electrons. The van der Waals surface area contributed by atoms with Crippen LogP contribution >= 0.6 is 0 Å². The van der Waals surface area contributed by atoms with E-state index in [4.69, 9.17) is 4.74 Å². The van der Waals surface area contributed by atoms with E-state index < -0.39 is 23.6 Å². The number of imidazole rings is 2. The molecule has 5 aromatic rings. The summed E-state index contributed by atoms with van der Waals surface area (Å²) < 4.78 is 20.9. The fourth-order valence-electron chi connectivity index (χ4n) is 7.47. The van der Waals surface area contributed by atoms with Crippen LogP contribution < -0.4 is 21.6 Å². The number of carbonyl (C=O) groups is 3. The maximum absolute atomic E-state index is 15.6. The van der Waals surface area contributed by atoms with E-state index in [0.717, 1.165) is 54.6 Å². The van der Waals surface area contributed by atoms with Gasteiger partial charge in [0.05, 0.1) is 16.6 Å². The summed E-state index contributed by atoms with van der Waals surface area (Å²) >= 11 is 0. The Kier molecular flexibility index (Phi) is 10.3. The number of carbonyl (C=O) groups excluding carboxylic acids is 3. The molecule has 0 spiro atoms. The Morgan fingerprint density at radius 1 is 0.926 bits per heavy atom. The normalized spacial score (nSPS) is 18.2. The van der Waals surface area contributed by atoms with Gasteiger partial charge in [-0.3, -0.25) is 9.59 Å². The molecule has 2 aliphatic carbocycles. The van der Waals surface area contributed by atoms with Crippen LogP contribution in [0.2, 0.25) is 0 Å². The van der Waals surface area contributed by atoms with Crippen LogP contribution in [0.5, 0.6) is 0 Å². The molecule has 1 atom stereocenters. The highest BCUT2D eigenvalue weighted by atomic mass is 19.1. The van der Waals surface area contributed by atoms with Gasteiger partial charge in [-0.1, -0.05) is 30.7 Å². The molecule has 0 bridgehead atoms. The summed E-state index contributed by atoms with van der Waals surface area (Å²) in [6.07, 6.45) is 5.83. The minimum atomic E-state index is -0.902. The third kappa shape index (κ3) is 8.35. The molecule has 3 aromatic carbocycles. The molecule has 12 nitrogen and oxygen atoms in total.